The van der Waals surface area contributed by atoms with Gasteiger partial charge in [0.2, 0.25) is 0 Å². The molecule has 0 aromatic carbocycles. The highest BCUT2D eigenvalue weighted by Gasteiger charge is 2.04. The van der Waals surface area contributed by atoms with Crippen molar-refractivity contribution in [1.29, 1.82) is 0 Å². The first-order valence-electron chi connectivity index (χ1n) is 5.51. The number of rotatable bonds is 5. The van der Waals surface area contributed by atoms with Crippen LogP contribution in [-0.4, -0.2) is 19.0 Å². The molecule has 0 bridgehead atoms. The second kappa shape index (κ2) is 6.26. The number of thiophene rings is 1. The van der Waals surface area contributed by atoms with Crippen LogP contribution in [0.4, 0.5) is 0 Å². The molecule has 0 saturated carbocycles. The smallest absolute Gasteiger partial charge is 0.0361 e. The minimum atomic E-state index is 0.968. The molecule has 0 amide bonds. The quantitative estimate of drug-likeness (QED) is 0.698. The zero-order valence-corrected chi connectivity index (χ0v) is 11.6. The fourth-order valence-electron chi connectivity index (χ4n) is 1.43. The van der Waals surface area contributed by atoms with Gasteiger partial charge in [-0.05, 0) is 35.6 Å². The van der Waals surface area contributed by atoms with Gasteiger partial charge in [-0.2, -0.15) is 0 Å². The lowest BCUT2D eigenvalue weighted by molar-refractivity contribution is 0.527. The normalized spacial score (nSPS) is 12.4. The minimum absolute atomic E-state index is 0.968. The third-order valence-corrected chi connectivity index (χ3v) is 3.44. The van der Waals surface area contributed by atoms with E-state index in [4.69, 9.17) is 0 Å². The van der Waals surface area contributed by atoms with E-state index in [0.717, 1.165) is 11.3 Å². The average molecular weight is 245 g/mol. The van der Waals surface area contributed by atoms with Crippen LogP contribution in [0.15, 0.2) is 60.2 Å². The van der Waals surface area contributed by atoms with Crippen molar-refractivity contribution in [3.8, 4) is 0 Å². The predicted octanol–water partition coefficient (Wildman–Crippen LogP) is 4.34. The maximum atomic E-state index is 4.06. The van der Waals surface area contributed by atoms with Crippen molar-refractivity contribution in [1.82, 2.24) is 4.90 Å². The van der Waals surface area contributed by atoms with Gasteiger partial charge in [-0.1, -0.05) is 31.4 Å². The van der Waals surface area contributed by atoms with E-state index in [2.05, 4.69) is 42.8 Å². The monoisotopic (exact) mass is 245 g/mol. The molecule has 90 valence electrons. The zero-order chi connectivity index (χ0) is 12.8. The van der Waals surface area contributed by atoms with Crippen LogP contribution in [0.5, 0.6) is 0 Å². The largest absolute Gasteiger partial charge is 0.378 e. The number of hydrogen-bond acceptors (Lipinski definition) is 2. The Hall–Kier alpha value is -1.54. The summed E-state index contributed by atoms with van der Waals surface area (Å²) in [6, 6.07) is 4.18. The fraction of sp³-hybridized carbons (Fsp3) is 0.200. The minimum Gasteiger partial charge on any atom is -0.378 e. The van der Waals surface area contributed by atoms with Crippen molar-refractivity contribution in [2.24, 2.45) is 0 Å². The molecule has 1 aromatic heterocycles. The topological polar surface area (TPSA) is 3.24 Å². The summed E-state index contributed by atoms with van der Waals surface area (Å²) in [5.41, 5.74) is 3.23. The Kier molecular flexibility index (Phi) is 4.98. The van der Waals surface area contributed by atoms with Crippen LogP contribution >= 0.6 is 11.3 Å². The highest BCUT2D eigenvalue weighted by atomic mass is 32.1. The lowest BCUT2D eigenvalue weighted by Gasteiger charge is -2.17. The molecule has 0 aliphatic rings. The standard InChI is InChI=1S/C15H19NS/c1-6-13(12(3)16(4)5)11-14(7-2)15-9-8-10-17-15/h6-11H,1,3H2,2,4-5H3/b13-11+,14-7+. The van der Waals surface area contributed by atoms with Crippen LogP contribution in [0.2, 0.25) is 0 Å². The van der Waals surface area contributed by atoms with E-state index >= 15 is 0 Å². The van der Waals surface area contributed by atoms with Crippen LogP contribution in [0.1, 0.15) is 11.8 Å². The molecule has 0 aliphatic carbocycles. The van der Waals surface area contributed by atoms with Crippen LogP contribution in [0.3, 0.4) is 0 Å². The first-order valence-corrected chi connectivity index (χ1v) is 6.39. The summed E-state index contributed by atoms with van der Waals surface area (Å²) in [4.78, 5) is 3.26. The molecule has 0 radical (unpaired) electrons. The first kappa shape index (κ1) is 13.5. The van der Waals surface area contributed by atoms with Gasteiger partial charge in [0.25, 0.3) is 0 Å². The Balaban J connectivity index is 3.06. The molecule has 0 fully saturated rings. The predicted molar refractivity (Wildman–Crippen MR) is 79.1 cm³/mol. The third kappa shape index (κ3) is 3.46. The molecule has 1 aromatic rings. The van der Waals surface area contributed by atoms with Crippen LogP contribution in [-0.2, 0) is 0 Å². The fourth-order valence-corrected chi connectivity index (χ4v) is 2.20. The maximum Gasteiger partial charge on any atom is 0.0361 e. The van der Waals surface area contributed by atoms with Crippen molar-refractivity contribution in [3.63, 3.8) is 0 Å². The maximum absolute atomic E-state index is 4.06. The molecule has 0 N–H and O–H groups in total. The van der Waals surface area contributed by atoms with E-state index in [1.54, 1.807) is 11.3 Å². The van der Waals surface area contributed by atoms with E-state index in [-0.39, 0.29) is 0 Å². The van der Waals surface area contributed by atoms with Gasteiger partial charge in [-0.25, -0.2) is 0 Å². The van der Waals surface area contributed by atoms with Gasteiger partial charge in [-0.3, -0.25) is 0 Å². The summed E-state index contributed by atoms with van der Waals surface area (Å²) in [6.07, 6.45) is 6.08. The highest BCUT2D eigenvalue weighted by Crippen LogP contribution is 2.24. The van der Waals surface area contributed by atoms with Crippen molar-refractivity contribution in [3.05, 3.63) is 65.0 Å². The number of allylic oxidation sites excluding steroid dienone is 4. The molecule has 0 spiro atoms. The molecule has 0 unspecified atom stereocenters. The van der Waals surface area contributed by atoms with E-state index in [9.17, 15) is 0 Å². The molecular formula is C15H19NS. The van der Waals surface area contributed by atoms with Gasteiger partial charge in [0, 0.05) is 24.7 Å². The Labute approximate surface area is 108 Å². The van der Waals surface area contributed by atoms with Gasteiger partial charge < -0.3 is 4.90 Å². The molecule has 0 aliphatic heterocycles. The van der Waals surface area contributed by atoms with Crippen LogP contribution in [0.25, 0.3) is 5.57 Å². The first-order chi connectivity index (χ1) is 8.10. The highest BCUT2D eigenvalue weighted by molar-refractivity contribution is 7.11. The van der Waals surface area contributed by atoms with Crippen LogP contribution < -0.4 is 0 Å². The van der Waals surface area contributed by atoms with Gasteiger partial charge in [0.1, 0.15) is 0 Å². The van der Waals surface area contributed by atoms with E-state index < -0.39 is 0 Å². The lowest BCUT2D eigenvalue weighted by Crippen LogP contribution is -2.11. The third-order valence-electron chi connectivity index (χ3n) is 2.52. The van der Waals surface area contributed by atoms with E-state index in [1.807, 2.05) is 32.0 Å². The molecule has 17 heavy (non-hydrogen) atoms. The second-order valence-corrected chi connectivity index (χ2v) is 4.81. The molecule has 1 rings (SSSR count). The number of hydrogen-bond donors (Lipinski definition) is 0. The zero-order valence-electron chi connectivity index (χ0n) is 10.7. The summed E-state index contributed by atoms with van der Waals surface area (Å²) in [7, 11) is 3.97. The average Bonchev–Trinajstić information content (AvgIpc) is 2.83. The van der Waals surface area contributed by atoms with Crippen molar-refractivity contribution in [2.45, 2.75) is 6.92 Å². The molecule has 0 atom stereocenters. The summed E-state index contributed by atoms with van der Waals surface area (Å²) in [6.45, 7) is 9.96. The Bertz CT molecular complexity index is 447. The van der Waals surface area contributed by atoms with Crippen LogP contribution in [0, 0.1) is 0 Å². The second-order valence-electron chi connectivity index (χ2n) is 3.87. The van der Waals surface area contributed by atoms with Gasteiger partial charge in [-0.15, -0.1) is 11.3 Å². The van der Waals surface area contributed by atoms with E-state index in [1.165, 1.54) is 10.5 Å². The molecule has 1 heterocycles. The number of nitrogens with zero attached hydrogens (tertiary/aromatic N) is 1. The molecule has 1 nitrogen and oxygen atoms in total. The summed E-state index contributed by atoms with van der Waals surface area (Å²) in [5.74, 6) is 0. The van der Waals surface area contributed by atoms with Crippen molar-refractivity contribution < 1.29 is 0 Å². The van der Waals surface area contributed by atoms with Gasteiger partial charge >= 0.3 is 0 Å². The SMILES string of the molecule is C=C/C(=C\C(=C/C)c1cccs1)C(=C)N(C)C. The molecule has 2 heteroatoms. The summed E-state index contributed by atoms with van der Waals surface area (Å²) in [5, 5.41) is 2.08. The molecule has 0 saturated heterocycles. The molecular weight excluding hydrogens is 226 g/mol. The van der Waals surface area contributed by atoms with Crippen molar-refractivity contribution in [2.75, 3.05) is 14.1 Å². The Morgan fingerprint density at radius 3 is 2.53 bits per heavy atom. The lowest BCUT2D eigenvalue weighted by atomic mass is 10.1. The summed E-state index contributed by atoms with van der Waals surface area (Å²) >= 11 is 1.74. The van der Waals surface area contributed by atoms with E-state index in [0.29, 0.717) is 0 Å². The number of likely N-dealkylation sites (N-methyl/N-ethyl adjacent to an activating group) is 1. The summed E-state index contributed by atoms with van der Waals surface area (Å²) < 4.78 is 0. The van der Waals surface area contributed by atoms with Gasteiger partial charge in [0.15, 0.2) is 0 Å². The van der Waals surface area contributed by atoms with Crippen molar-refractivity contribution >= 4 is 16.9 Å². The Morgan fingerprint density at radius 2 is 2.12 bits per heavy atom. The Morgan fingerprint density at radius 1 is 1.41 bits per heavy atom. The van der Waals surface area contributed by atoms with Gasteiger partial charge in [0.05, 0.1) is 0 Å².